The Labute approximate surface area is 235 Å². The van der Waals surface area contributed by atoms with E-state index in [0.717, 1.165) is 60.8 Å². The number of aryl methyl sites for hydroxylation is 1. The van der Waals surface area contributed by atoms with Crippen molar-refractivity contribution >= 4 is 54.2 Å². The minimum atomic E-state index is -4.67. The maximum Gasteiger partial charge on any atom is 0.573 e. The number of nitrogens with zero attached hydrogens (tertiary/aromatic N) is 3. The molecule has 1 saturated heterocycles. The first-order valence-electron chi connectivity index (χ1n) is 12.1. The molecule has 1 aromatic carbocycles. The van der Waals surface area contributed by atoms with Gasteiger partial charge in [-0.1, -0.05) is 30.0 Å². The van der Waals surface area contributed by atoms with E-state index in [9.17, 15) is 18.0 Å². The second kappa shape index (κ2) is 13.1. The first kappa shape index (κ1) is 30.1. The molecule has 0 aliphatic carbocycles. The number of piperidine rings is 1. The van der Waals surface area contributed by atoms with Crippen LogP contribution in [0.2, 0.25) is 0 Å². The minimum absolute atomic E-state index is 0. The molecule has 5 rings (SSSR count). The number of thioether (sulfide) groups is 1. The van der Waals surface area contributed by atoms with E-state index in [1.54, 1.807) is 12.3 Å². The highest BCUT2D eigenvalue weighted by atomic mass is 35.5. The Morgan fingerprint density at radius 1 is 1.13 bits per heavy atom. The highest BCUT2D eigenvalue weighted by molar-refractivity contribution is 8.04. The minimum Gasteiger partial charge on any atom is -0.406 e. The lowest BCUT2D eigenvalue weighted by Gasteiger charge is -2.32. The van der Waals surface area contributed by atoms with E-state index in [0.29, 0.717) is 23.8 Å². The summed E-state index contributed by atoms with van der Waals surface area (Å²) in [6.07, 6.45) is 2.58. The second-order valence-corrected chi connectivity index (χ2v) is 10.2. The molecule has 6 nitrogen and oxygen atoms in total. The largest absolute Gasteiger partial charge is 0.573 e. The van der Waals surface area contributed by atoms with Gasteiger partial charge in [-0.05, 0) is 87.1 Å². The topological polar surface area (TPSA) is 58.9 Å². The van der Waals surface area contributed by atoms with E-state index >= 15 is 0 Å². The zero-order valence-corrected chi connectivity index (χ0v) is 22.9. The average Bonchev–Trinajstić information content (AvgIpc) is 3.27. The van der Waals surface area contributed by atoms with Crippen LogP contribution in [0.5, 0.6) is 5.75 Å². The number of carbonyl (C=O) groups is 1. The first-order valence-corrected chi connectivity index (χ1v) is 12.9. The number of benzene rings is 1. The third-order valence-electron chi connectivity index (χ3n) is 6.57. The Bertz CT molecular complexity index is 1280. The number of alkyl halides is 3. The van der Waals surface area contributed by atoms with Crippen molar-refractivity contribution in [3.63, 3.8) is 0 Å². The number of pyridine rings is 1. The summed E-state index contributed by atoms with van der Waals surface area (Å²) in [7, 11) is 0. The monoisotopic (exact) mass is 588 g/mol. The molecule has 3 aromatic rings. The Kier molecular flexibility index (Phi) is 10.4. The van der Waals surface area contributed by atoms with Crippen LogP contribution in [-0.2, 0) is 11.2 Å². The van der Waals surface area contributed by atoms with Crippen LogP contribution in [0.25, 0.3) is 11.7 Å². The number of carbonyl (C=O) groups excluding carboxylic acids is 1. The molecule has 2 aliphatic heterocycles. The summed E-state index contributed by atoms with van der Waals surface area (Å²) in [5, 5.41) is 4.10. The van der Waals surface area contributed by atoms with E-state index < -0.39 is 6.36 Å². The van der Waals surface area contributed by atoms with Crippen molar-refractivity contribution in [1.29, 1.82) is 0 Å². The van der Waals surface area contributed by atoms with Gasteiger partial charge in [0.1, 0.15) is 11.4 Å². The molecule has 0 radical (unpaired) electrons. The second-order valence-electron chi connectivity index (χ2n) is 9.15. The smallest absolute Gasteiger partial charge is 0.406 e. The van der Waals surface area contributed by atoms with Gasteiger partial charge in [0.15, 0.2) is 0 Å². The normalized spacial score (nSPS) is 15.8. The molecule has 0 saturated carbocycles. The summed E-state index contributed by atoms with van der Waals surface area (Å²) in [5.41, 5.74) is 2.63. The predicted octanol–water partition coefficient (Wildman–Crippen LogP) is 5.98. The number of hydrogen-bond donors (Lipinski definition) is 1. The van der Waals surface area contributed by atoms with Crippen LogP contribution in [0.1, 0.15) is 30.5 Å². The molecule has 0 spiro atoms. The lowest BCUT2D eigenvalue weighted by molar-refractivity contribution is -0.274. The number of aromatic nitrogens is 2. The Morgan fingerprint density at radius 2 is 1.89 bits per heavy atom. The summed E-state index contributed by atoms with van der Waals surface area (Å²) in [6.45, 7) is 3.46. The molecule has 2 aliphatic rings. The lowest BCUT2D eigenvalue weighted by Crippen LogP contribution is -2.39. The van der Waals surface area contributed by atoms with Crippen LogP contribution in [0, 0.1) is 5.92 Å². The van der Waals surface area contributed by atoms with Gasteiger partial charge < -0.3 is 15.0 Å². The van der Waals surface area contributed by atoms with Crippen LogP contribution in [0.3, 0.4) is 0 Å². The fraction of sp³-hybridized carbons (Fsp3) is 0.385. The molecule has 206 valence electrons. The van der Waals surface area contributed by atoms with Crippen molar-refractivity contribution in [2.75, 3.05) is 26.2 Å². The van der Waals surface area contributed by atoms with Gasteiger partial charge in [-0.25, -0.2) is 4.98 Å². The quantitative estimate of drug-likeness (QED) is 0.350. The van der Waals surface area contributed by atoms with Gasteiger partial charge in [-0.2, -0.15) is 0 Å². The number of hydrogen-bond acceptors (Lipinski definition) is 5. The maximum atomic E-state index is 12.8. The van der Waals surface area contributed by atoms with Crippen molar-refractivity contribution in [3.05, 3.63) is 64.8 Å². The van der Waals surface area contributed by atoms with Crippen molar-refractivity contribution in [3.8, 4) is 5.75 Å². The zero-order chi connectivity index (χ0) is 25.1. The highest BCUT2D eigenvalue weighted by Gasteiger charge is 2.31. The summed E-state index contributed by atoms with van der Waals surface area (Å²) >= 11 is 1.46. The standard InChI is InChI=1S/C26H27F3N4O2S.2ClH/c27-26(28,29)35-21-6-1-4-18(14-21)5-3-11-32-12-9-19(10-13-32)16-31-25(34)22-15-20-17-30-23-7-2-8-24(36-22)33(20)23;;/h1-2,4,6-8,14-15,17,19H,3,5,9-13,16H2,(H,31,34);2*1H. The van der Waals surface area contributed by atoms with E-state index in [1.165, 1.54) is 23.9 Å². The predicted molar refractivity (Wildman–Crippen MR) is 147 cm³/mol. The summed E-state index contributed by atoms with van der Waals surface area (Å²) in [6, 6.07) is 12.1. The number of likely N-dealkylation sites (tertiary alicyclic amines) is 1. The summed E-state index contributed by atoms with van der Waals surface area (Å²) in [4.78, 5) is 20.3. The Balaban J connectivity index is 0.00000200. The number of halogens is 5. The highest BCUT2D eigenvalue weighted by Crippen LogP contribution is 2.34. The Hall–Kier alpha value is -2.40. The molecule has 0 atom stereocenters. The van der Waals surface area contributed by atoms with Gasteiger partial charge in [0, 0.05) is 6.54 Å². The van der Waals surface area contributed by atoms with Gasteiger partial charge >= 0.3 is 6.36 Å². The van der Waals surface area contributed by atoms with Crippen molar-refractivity contribution in [2.24, 2.45) is 5.92 Å². The third-order valence-corrected chi connectivity index (χ3v) is 7.62. The molecular weight excluding hydrogens is 560 g/mol. The van der Waals surface area contributed by atoms with Crippen LogP contribution >= 0.6 is 36.6 Å². The summed E-state index contributed by atoms with van der Waals surface area (Å²) < 4.78 is 43.3. The van der Waals surface area contributed by atoms with Gasteiger partial charge in [0.25, 0.3) is 5.91 Å². The van der Waals surface area contributed by atoms with Crippen LogP contribution in [0.4, 0.5) is 13.2 Å². The van der Waals surface area contributed by atoms with Crippen LogP contribution in [0.15, 0.2) is 58.6 Å². The fourth-order valence-corrected chi connectivity index (χ4v) is 5.75. The van der Waals surface area contributed by atoms with Crippen molar-refractivity contribution in [1.82, 2.24) is 19.6 Å². The van der Waals surface area contributed by atoms with E-state index in [1.807, 2.05) is 34.7 Å². The number of amides is 1. The molecule has 1 fully saturated rings. The molecule has 1 N–H and O–H groups in total. The summed E-state index contributed by atoms with van der Waals surface area (Å²) in [5.74, 6) is 0.209. The number of nitrogens with one attached hydrogen (secondary N) is 1. The molecule has 4 heterocycles. The van der Waals surface area contributed by atoms with Crippen LogP contribution in [-0.4, -0.2) is 52.7 Å². The maximum absolute atomic E-state index is 12.8. The lowest BCUT2D eigenvalue weighted by atomic mass is 9.96. The number of imidazole rings is 1. The molecule has 12 heteroatoms. The molecule has 2 aromatic heterocycles. The number of rotatable bonds is 8. The van der Waals surface area contributed by atoms with Crippen molar-refractivity contribution in [2.45, 2.75) is 37.1 Å². The average molecular weight is 590 g/mol. The molecule has 0 unspecified atom stereocenters. The third kappa shape index (κ3) is 7.59. The Morgan fingerprint density at radius 3 is 2.66 bits per heavy atom. The van der Waals surface area contributed by atoms with Crippen molar-refractivity contribution < 1.29 is 22.7 Å². The zero-order valence-electron chi connectivity index (χ0n) is 20.4. The van der Waals surface area contributed by atoms with Gasteiger partial charge in [0.2, 0.25) is 0 Å². The van der Waals surface area contributed by atoms with E-state index in [2.05, 4.69) is 19.9 Å². The molecular formula is C26H29Cl2F3N4O2S. The molecule has 0 bridgehead atoms. The van der Waals surface area contributed by atoms with Gasteiger partial charge in [-0.3, -0.25) is 9.20 Å². The first-order chi connectivity index (χ1) is 17.3. The molecule has 1 amide bonds. The van der Waals surface area contributed by atoms with E-state index in [4.69, 9.17) is 0 Å². The van der Waals surface area contributed by atoms with Crippen LogP contribution < -0.4 is 10.1 Å². The van der Waals surface area contributed by atoms with Gasteiger partial charge in [0.05, 0.1) is 21.8 Å². The number of ether oxygens (including phenoxy) is 1. The fourth-order valence-electron chi connectivity index (χ4n) is 4.74. The van der Waals surface area contributed by atoms with Gasteiger partial charge in [-0.15, -0.1) is 38.0 Å². The molecule has 38 heavy (non-hydrogen) atoms. The SMILES string of the molecule is Cl.Cl.O=C(NCC1CCN(CCCc2cccc(OC(F)(F)F)c2)CC1)C1=Cc2cnc3cccc(n23)S1. The van der Waals surface area contributed by atoms with E-state index in [-0.39, 0.29) is 36.5 Å².